The number of pyridine rings is 1. The van der Waals surface area contributed by atoms with Gasteiger partial charge in [-0.2, -0.15) is 0 Å². The average molecular weight is 681 g/mol. The lowest BCUT2D eigenvalue weighted by molar-refractivity contribution is -0.0500. The molecule has 7 nitrogen and oxygen atoms in total. The van der Waals surface area contributed by atoms with Crippen molar-refractivity contribution in [2.75, 3.05) is 26.2 Å². The maximum atomic E-state index is 6.79. The second-order valence-corrected chi connectivity index (χ2v) is 16.0. The van der Waals surface area contributed by atoms with Gasteiger partial charge in [-0.1, -0.05) is 98.7 Å². The zero-order valence-electron chi connectivity index (χ0n) is 32.1. The molecule has 0 spiro atoms. The number of ether oxygens (including phenoxy) is 1. The number of hydrazine groups is 1. The number of benzene rings is 1. The summed E-state index contributed by atoms with van der Waals surface area (Å²) >= 11 is 0. The molecule has 7 heteroatoms. The molecular weight excluding hydrogens is 617 g/mol. The molecule has 1 aromatic carbocycles. The molecule has 2 aliphatic heterocycles. The smallest absolute Gasteiger partial charge is 0.125 e. The molecule has 2 saturated heterocycles. The molecule has 2 aliphatic rings. The Balaban J connectivity index is 1.58. The van der Waals surface area contributed by atoms with Crippen molar-refractivity contribution in [3.63, 3.8) is 0 Å². The molecule has 0 aliphatic carbocycles. The first kappa shape index (κ1) is 39.0. The van der Waals surface area contributed by atoms with Gasteiger partial charge >= 0.3 is 0 Å². The highest BCUT2D eigenvalue weighted by Gasteiger charge is 2.39. The first-order chi connectivity index (χ1) is 23.5. The van der Waals surface area contributed by atoms with Crippen LogP contribution in [-0.4, -0.2) is 58.8 Å². The van der Waals surface area contributed by atoms with E-state index < -0.39 is 5.60 Å². The van der Waals surface area contributed by atoms with Gasteiger partial charge in [-0.05, 0) is 79.7 Å². The van der Waals surface area contributed by atoms with Gasteiger partial charge in [-0.15, -0.1) is 0 Å². The van der Waals surface area contributed by atoms with Crippen LogP contribution in [0.15, 0.2) is 97.7 Å². The average Bonchev–Trinajstić information content (AvgIpc) is 3.07. The zero-order chi connectivity index (χ0) is 36.8. The summed E-state index contributed by atoms with van der Waals surface area (Å²) in [7, 11) is 0. The summed E-state index contributed by atoms with van der Waals surface area (Å²) < 4.78 is 6.79. The number of aryl methyl sites for hydroxylation is 1. The standard InChI is InChI=1S/C43H64N6O/c1-13-38-19-18-37-17-16-36(26-41(37)46-38)20-21-43(28-48(23-24-50-43)31(5)27-42(10,11)12)30(4)25-39(29(2)3)34(8)45-33(7)35(9)49-22-14-15-40(47-49)32(6)44/h16-21,26,29,33,39-40,45,47H,4-6,8-9,13-15,22-25,27-28,44H2,1-3,7,10-12H3/b21-20+/t33-,39?,40-,43?/m0/s1. The van der Waals surface area contributed by atoms with Gasteiger partial charge < -0.3 is 25.7 Å². The molecule has 1 aromatic heterocycles. The van der Waals surface area contributed by atoms with E-state index in [0.717, 1.165) is 90.0 Å². The lowest BCUT2D eigenvalue weighted by atomic mass is 9.79. The molecular formula is C43H64N6O. The highest BCUT2D eigenvalue weighted by atomic mass is 16.5. The van der Waals surface area contributed by atoms with Gasteiger partial charge in [0.1, 0.15) is 5.60 Å². The van der Waals surface area contributed by atoms with Crippen LogP contribution in [0, 0.1) is 17.3 Å². The third-order valence-corrected chi connectivity index (χ3v) is 10.2. The summed E-state index contributed by atoms with van der Waals surface area (Å²) in [5.41, 5.74) is 16.9. The van der Waals surface area contributed by atoms with Crippen molar-refractivity contribution in [1.29, 1.82) is 0 Å². The minimum atomic E-state index is -0.702. The van der Waals surface area contributed by atoms with Crippen LogP contribution in [0.3, 0.4) is 0 Å². The number of nitrogens with zero attached hydrogens (tertiary/aromatic N) is 3. The van der Waals surface area contributed by atoms with E-state index in [-0.39, 0.29) is 23.4 Å². The van der Waals surface area contributed by atoms with Crippen molar-refractivity contribution < 1.29 is 4.74 Å². The van der Waals surface area contributed by atoms with Gasteiger partial charge in [-0.3, -0.25) is 4.98 Å². The quantitative estimate of drug-likeness (QED) is 0.163. The Morgan fingerprint density at radius 2 is 1.84 bits per heavy atom. The predicted molar refractivity (Wildman–Crippen MR) is 213 cm³/mol. The number of hydrogen-bond donors (Lipinski definition) is 3. The third-order valence-electron chi connectivity index (χ3n) is 10.2. The predicted octanol–water partition coefficient (Wildman–Crippen LogP) is 8.50. The van der Waals surface area contributed by atoms with Crippen LogP contribution in [0.5, 0.6) is 0 Å². The van der Waals surface area contributed by atoms with Crippen molar-refractivity contribution in [1.82, 2.24) is 25.6 Å². The Labute approximate surface area is 303 Å². The maximum absolute atomic E-state index is 6.79. The number of allylic oxidation sites excluding steroid dienone is 2. The highest BCUT2D eigenvalue weighted by molar-refractivity contribution is 5.81. The van der Waals surface area contributed by atoms with Crippen molar-refractivity contribution in [3.05, 3.63) is 109 Å². The van der Waals surface area contributed by atoms with Crippen LogP contribution >= 0.6 is 0 Å². The van der Waals surface area contributed by atoms with Gasteiger partial charge in [0, 0.05) is 52.9 Å². The van der Waals surface area contributed by atoms with Crippen LogP contribution < -0.4 is 16.5 Å². The molecule has 2 aromatic rings. The highest BCUT2D eigenvalue weighted by Crippen LogP contribution is 2.38. The number of nitrogens with two attached hydrogens (primary N) is 1. The SMILES string of the molecule is C=C(N[C@@H](C)C(=C)N1CCC[C@@H](C(=C)N)N1)C(CC(=C)C1(/C=C/c2ccc3ccc(CC)nc3c2)CN(C(=C)CC(C)(C)C)CCO1)C(C)C. The van der Waals surface area contributed by atoms with E-state index in [4.69, 9.17) is 22.0 Å². The number of rotatable bonds is 15. The molecule has 2 fully saturated rings. The maximum Gasteiger partial charge on any atom is 0.125 e. The fourth-order valence-electron chi connectivity index (χ4n) is 7.05. The van der Waals surface area contributed by atoms with Crippen LogP contribution in [0.4, 0.5) is 0 Å². The van der Waals surface area contributed by atoms with Crippen LogP contribution in [0.25, 0.3) is 17.0 Å². The normalized spacial score (nSPS) is 21.3. The zero-order valence-corrected chi connectivity index (χ0v) is 32.1. The van der Waals surface area contributed by atoms with Crippen LogP contribution in [0.2, 0.25) is 0 Å². The van der Waals surface area contributed by atoms with E-state index in [1.165, 1.54) is 0 Å². The van der Waals surface area contributed by atoms with Crippen molar-refractivity contribution in [2.24, 2.45) is 23.0 Å². The lowest BCUT2D eigenvalue weighted by Gasteiger charge is -2.45. The molecule has 4 rings (SSSR count). The summed E-state index contributed by atoms with van der Waals surface area (Å²) in [6, 6.07) is 10.8. The number of morpholine rings is 1. The first-order valence-electron chi connectivity index (χ1n) is 18.5. The van der Waals surface area contributed by atoms with Gasteiger partial charge in [0.2, 0.25) is 0 Å². The number of aromatic nitrogens is 1. The Kier molecular flexibility index (Phi) is 12.8. The summed E-state index contributed by atoms with van der Waals surface area (Å²) in [6.07, 6.45) is 8.95. The summed E-state index contributed by atoms with van der Waals surface area (Å²) in [6.45, 7) is 40.7. The molecule has 4 N–H and O–H groups in total. The van der Waals surface area contributed by atoms with Gasteiger partial charge in [0.25, 0.3) is 0 Å². The molecule has 272 valence electrons. The second kappa shape index (κ2) is 16.5. The van der Waals surface area contributed by atoms with E-state index in [1.807, 2.05) is 0 Å². The fourth-order valence-corrected chi connectivity index (χ4v) is 7.05. The second-order valence-electron chi connectivity index (χ2n) is 16.0. The van der Waals surface area contributed by atoms with Crippen molar-refractivity contribution in [3.8, 4) is 0 Å². The van der Waals surface area contributed by atoms with E-state index in [1.54, 1.807) is 0 Å². The van der Waals surface area contributed by atoms with E-state index in [9.17, 15) is 0 Å². The molecule has 3 heterocycles. The van der Waals surface area contributed by atoms with Gasteiger partial charge in [-0.25, -0.2) is 5.43 Å². The van der Waals surface area contributed by atoms with Crippen molar-refractivity contribution >= 4 is 17.0 Å². The summed E-state index contributed by atoms with van der Waals surface area (Å²) in [5, 5.41) is 6.95. The molecule has 50 heavy (non-hydrogen) atoms. The van der Waals surface area contributed by atoms with E-state index in [2.05, 4.69) is 138 Å². The Hall–Kier alpha value is -3.81. The Morgan fingerprint density at radius 1 is 1.12 bits per heavy atom. The molecule has 0 saturated carbocycles. The molecule has 0 radical (unpaired) electrons. The number of hydrogen-bond acceptors (Lipinski definition) is 7. The third kappa shape index (κ3) is 9.91. The summed E-state index contributed by atoms with van der Waals surface area (Å²) in [5.74, 6) is 0.448. The topological polar surface area (TPSA) is 78.7 Å². The lowest BCUT2D eigenvalue weighted by Crippen LogP contribution is -2.53. The first-order valence-corrected chi connectivity index (χ1v) is 18.5. The van der Waals surface area contributed by atoms with E-state index >= 15 is 0 Å². The summed E-state index contributed by atoms with van der Waals surface area (Å²) in [4.78, 5) is 7.29. The minimum Gasteiger partial charge on any atom is -0.401 e. The molecule has 2 unspecified atom stereocenters. The fraction of sp³-hybridized carbons (Fsp3) is 0.512. The van der Waals surface area contributed by atoms with Crippen LogP contribution in [0.1, 0.15) is 85.4 Å². The molecule has 0 bridgehead atoms. The largest absolute Gasteiger partial charge is 0.401 e. The van der Waals surface area contributed by atoms with Gasteiger partial charge in [0.05, 0.1) is 30.8 Å². The molecule has 4 atom stereocenters. The van der Waals surface area contributed by atoms with Crippen LogP contribution in [-0.2, 0) is 11.2 Å². The number of fused-ring (bicyclic) bond motifs is 1. The monoisotopic (exact) mass is 681 g/mol. The minimum absolute atomic E-state index is 0.0277. The van der Waals surface area contributed by atoms with E-state index in [0.29, 0.717) is 24.8 Å². The Morgan fingerprint density at radius 3 is 2.50 bits per heavy atom. The number of nitrogens with one attached hydrogen (secondary N) is 2. The Bertz CT molecular complexity index is 1600. The van der Waals surface area contributed by atoms with Gasteiger partial charge in [0.15, 0.2) is 0 Å². The van der Waals surface area contributed by atoms with Crippen molar-refractivity contribution in [2.45, 2.75) is 98.3 Å². The molecule has 0 amide bonds.